The molecule has 0 aliphatic carbocycles. The highest BCUT2D eigenvalue weighted by Gasteiger charge is 2.15. The molecule has 1 saturated heterocycles. The summed E-state index contributed by atoms with van der Waals surface area (Å²) in [5.41, 5.74) is 0.836. The minimum Gasteiger partial charge on any atom is -0.463 e. The quantitative estimate of drug-likeness (QED) is 0.591. The maximum absolute atomic E-state index is 11.4. The summed E-state index contributed by atoms with van der Waals surface area (Å²) >= 11 is 0. The first-order valence-corrected chi connectivity index (χ1v) is 6.97. The highest BCUT2D eigenvalue weighted by Crippen LogP contribution is 2.11. The fourth-order valence-corrected chi connectivity index (χ4v) is 2.22. The summed E-state index contributed by atoms with van der Waals surface area (Å²) in [4.78, 5) is 13.8. The molecule has 0 saturated carbocycles. The van der Waals surface area contributed by atoms with Crippen molar-refractivity contribution in [2.45, 2.75) is 13.0 Å². The van der Waals surface area contributed by atoms with Gasteiger partial charge in [0, 0.05) is 25.2 Å². The van der Waals surface area contributed by atoms with E-state index in [-0.39, 0.29) is 5.76 Å². The fraction of sp³-hybridized carbons (Fsp3) is 0.643. The third kappa shape index (κ3) is 4.33. The summed E-state index contributed by atoms with van der Waals surface area (Å²) in [6.45, 7) is 6.32. The molecule has 1 fully saturated rings. The standard InChI is InChI=1S/C14H22N2O4/c1-18-14(17)13-12(3-8-20-13)11-15-4-2-5-16-6-9-19-10-7-16/h3,8,15H,2,4-7,9-11H2,1H3. The third-order valence-corrected chi connectivity index (χ3v) is 3.36. The van der Waals surface area contributed by atoms with Crippen molar-refractivity contribution in [2.75, 3.05) is 46.5 Å². The van der Waals surface area contributed by atoms with E-state index >= 15 is 0 Å². The van der Waals surface area contributed by atoms with Gasteiger partial charge in [-0.25, -0.2) is 4.79 Å². The second-order valence-electron chi connectivity index (χ2n) is 4.75. The minimum atomic E-state index is -0.430. The van der Waals surface area contributed by atoms with Gasteiger partial charge >= 0.3 is 5.97 Å². The average molecular weight is 282 g/mol. The first-order chi connectivity index (χ1) is 9.81. The summed E-state index contributed by atoms with van der Waals surface area (Å²) in [5.74, 6) is -0.145. The number of rotatable bonds is 7. The average Bonchev–Trinajstić information content (AvgIpc) is 2.95. The Morgan fingerprint density at radius 3 is 3.00 bits per heavy atom. The fourth-order valence-electron chi connectivity index (χ4n) is 2.22. The molecule has 1 aliphatic heterocycles. The first kappa shape index (κ1) is 15.0. The van der Waals surface area contributed by atoms with E-state index in [2.05, 4.69) is 15.0 Å². The zero-order chi connectivity index (χ0) is 14.2. The zero-order valence-corrected chi connectivity index (χ0v) is 11.9. The SMILES string of the molecule is COC(=O)c1occc1CNCCCN1CCOCC1. The predicted octanol–water partition coefficient (Wildman–Crippen LogP) is 0.878. The van der Waals surface area contributed by atoms with Crippen molar-refractivity contribution in [2.24, 2.45) is 0 Å². The zero-order valence-electron chi connectivity index (χ0n) is 11.9. The Morgan fingerprint density at radius 2 is 2.25 bits per heavy atom. The number of methoxy groups -OCH3 is 1. The molecule has 0 spiro atoms. The Kier molecular flexibility index (Phi) is 6.04. The molecule has 20 heavy (non-hydrogen) atoms. The van der Waals surface area contributed by atoms with E-state index in [1.54, 1.807) is 6.07 Å². The second kappa shape index (κ2) is 8.04. The van der Waals surface area contributed by atoms with E-state index in [0.29, 0.717) is 6.54 Å². The van der Waals surface area contributed by atoms with Crippen LogP contribution in [-0.2, 0) is 16.0 Å². The molecule has 1 N–H and O–H groups in total. The molecule has 1 aromatic rings. The lowest BCUT2D eigenvalue weighted by atomic mass is 10.2. The Bertz CT molecular complexity index is 413. The number of hydrogen-bond donors (Lipinski definition) is 1. The van der Waals surface area contributed by atoms with Crippen molar-refractivity contribution in [1.82, 2.24) is 10.2 Å². The lowest BCUT2D eigenvalue weighted by Gasteiger charge is -2.26. The van der Waals surface area contributed by atoms with Crippen LogP contribution in [0.25, 0.3) is 0 Å². The van der Waals surface area contributed by atoms with Gasteiger partial charge in [-0.05, 0) is 25.6 Å². The summed E-state index contributed by atoms with van der Waals surface area (Å²) in [6, 6.07) is 1.79. The van der Waals surface area contributed by atoms with Crippen LogP contribution in [0.15, 0.2) is 16.7 Å². The van der Waals surface area contributed by atoms with Gasteiger partial charge in [0.05, 0.1) is 26.6 Å². The molecule has 1 aromatic heterocycles. The van der Waals surface area contributed by atoms with Crippen LogP contribution in [0.5, 0.6) is 0 Å². The van der Waals surface area contributed by atoms with Gasteiger partial charge in [-0.3, -0.25) is 4.90 Å². The Morgan fingerprint density at radius 1 is 1.45 bits per heavy atom. The molecule has 0 bridgehead atoms. The van der Waals surface area contributed by atoms with Crippen LogP contribution in [0.1, 0.15) is 22.5 Å². The molecule has 0 aromatic carbocycles. The smallest absolute Gasteiger partial charge is 0.374 e. The predicted molar refractivity (Wildman–Crippen MR) is 73.6 cm³/mol. The third-order valence-electron chi connectivity index (χ3n) is 3.36. The van der Waals surface area contributed by atoms with Gasteiger partial charge in [0.25, 0.3) is 0 Å². The maximum atomic E-state index is 11.4. The largest absolute Gasteiger partial charge is 0.463 e. The normalized spacial score (nSPS) is 16.2. The lowest BCUT2D eigenvalue weighted by molar-refractivity contribution is 0.0374. The second-order valence-corrected chi connectivity index (χ2v) is 4.75. The molecule has 1 aliphatic rings. The number of hydrogen-bond acceptors (Lipinski definition) is 6. The van der Waals surface area contributed by atoms with E-state index < -0.39 is 5.97 Å². The highest BCUT2D eigenvalue weighted by molar-refractivity contribution is 5.87. The topological polar surface area (TPSA) is 63.9 Å². The van der Waals surface area contributed by atoms with Crippen molar-refractivity contribution in [3.05, 3.63) is 23.7 Å². The monoisotopic (exact) mass is 282 g/mol. The number of carbonyl (C=O) groups is 1. The molecule has 112 valence electrons. The van der Waals surface area contributed by atoms with E-state index in [4.69, 9.17) is 9.15 Å². The molecule has 0 radical (unpaired) electrons. The molecule has 2 heterocycles. The molecule has 6 nitrogen and oxygen atoms in total. The summed E-state index contributed by atoms with van der Waals surface area (Å²) in [5, 5.41) is 3.32. The maximum Gasteiger partial charge on any atom is 0.374 e. The molecule has 0 amide bonds. The van der Waals surface area contributed by atoms with Crippen molar-refractivity contribution < 1.29 is 18.7 Å². The number of carbonyl (C=O) groups excluding carboxylic acids is 1. The molecular weight excluding hydrogens is 260 g/mol. The summed E-state index contributed by atoms with van der Waals surface area (Å²) in [6.07, 6.45) is 2.59. The minimum absolute atomic E-state index is 0.285. The highest BCUT2D eigenvalue weighted by atomic mass is 16.5. The van der Waals surface area contributed by atoms with Gasteiger partial charge in [0.2, 0.25) is 5.76 Å². The number of nitrogens with one attached hydrogen (secondary N) is 1. The Labute approximate surface area is 119 Å². The van der Waals surface area contributed by atoms with Gasteiger partial charge in [0.1, 0.15) is 0 Å². The van der Waals surface area contributed by atoms with Crippen LogP contribution in [0.4, 0.5) is 0 Å². The molecule has 0 atom stereocenters. The van der Waals surface area contributed by atoms with Crippen molar-refractivity contribution >= 4 is 5.97 Å². The van der Waals surface area contributed by atoms with Crippen LogP contribution in [0.3, 0.4) is 0 Å². The lowest BCUT2D eigenvalue weighted by Crippen LogP contribution is -2.37. The Hall–Kier alpha value is -1.37. The van der Waals surface area contributed by atoms with Gasteiger partial charge in [-0.1, -0.05) is 0 Å². The van der Waals surface area contributed by atoms with Crippen LogP contribution < -0.4 is 5.32 Å². The molecular formula is C14H22N2O4. The number of ether oxygens (including phenoxy) is 2. The Balaban J connectivity index is 1.63. The molecule has 0 unspecified atom stereocenters. The van der Waals surface area contributed by atoms with Gasteiger partial charge in [-0.2, -0.15) is 0 Å². The van der Waals surface area contributed by atoms with Crippen LogP contribution in [-0.4, -0.2) is 57.4 Å². The number of furan rings is 1. The number of nitrogens with zero attached hydrogens (tertiary/aromatic N) is 1. The first-order valence-electron chi connectivity index (χ1n) is 6.97. The van der Waals surface area contributed by atoms with E-state index in [1.165, 1.54) is 13.4 Å². The van der Waals surface area contributed by atoms with Crippen molar-refractivity contribution in [1.29, 1.82) is 0 Å². The van der Waals surface area contributed by atoms with E-state index in [9.17, 15) is 4.79 Å². The van der Waals surface area contributed by atoms with E-state index in [0.717, 1.165) is 51.4 Å². The van der Waals surface area contributed by atoms with Crippen LogP contribution in [0, 0.1) is 0 Å². The summed E-state index contributed by atoms with van der Waals surface area (Å²) < 4.78 is 15.1. The number of esters is 1. The van der Waals surface area contributed by atoms with E-state index in [1.807, 2.05) is 0 Å². The summed E-state index contributed by atoms with van der Waals surface area (Å²) in [7, 11) is 1.35. The van der Waals surface area contributed by atoms with Gasteiger partial charge in [0.15, 0.2) is 0 Å². The van der Waals surface area contributed by atoms with Gasteiger partial charge < -0.3 is 19.2 Å². The number of morpholine rings is 1. The molecule has 6 heteroatoms. The van der Waals surface area contributed by atoms with Crippen LogP contribution >= 0.6 is 0 Å². The van der Waals surface area contributed by atoms with Crippen LogP contribution in [0.2, 0.25) is 0 Å². The van der Waals surface area contributed by atoms with Crippen molar-refractivity contribution in [3.8, 4) is 0 Å². The van der Waals surface area contributed by atoms with Gasteiger partial charge in [-0.15, -0.1) is 0 Å². The molecule has 2 rings (SSSR count). The van der Waals surface area contributed by atoms with Crippen molar-refractivity contribution in [3.63, 3.8) is 0 Å².